The summed E-state index contributed by atoms with van der Waals surface area (Å²) < 4.78 is 103. The Hall–Kier alpha value is -2.83. The molecular weight excluding hydrogens is 406 g/mol. The number of hydrogen-bond acceptors (Lipinski definition) is 4. The quantitative estimate of drug-likeness (QED) is 0.455. The van der Waals surface area contributed by atoms with Crippen LogP contribution in [0.4, 0.5) is 37.7 Å². The molecule has 0 aromatic heterocycles. The number of alkyl halides is 6. The number of para-hydroxylation sites is 1. The molecule has 1 N–H and O–H groups in total. The molecule has 0 saturated carbocycles. The van der Waals surface area contributed by atoms with Gasteiger partial charge in [0.05, 0.1) is 21.7 Å². The number of nitro groups is 1. The number of sulfonamides is 1. The zero-order valence-electron chi connectivity index (χ0n) is 12.8. The van der Waals surface area contributed by atoms with Crippen molar-refractivity contribution in [2.75, 3.05) is 4.72 Å². The summed E-state index contributed by atoms with van der Waals surface area (Å²) in [5.74, 6) is 0. The zero-order valence-corrected chi connectivity index (χ0v) is 13.6. The fraction of sp³-hybridized carbons (Fsp3) is 0.143. The molecule has 0 aliphatic rings. The van der Waals surface area contributed by atoms with Gasteiger partial charge in [-0.15, -0.1) is 0 Å². The molecule has 27 heavy (non-hydrogen) atoms. The molecule has 6 nitrogen and oxygen atoms in total. The van der Waals surface area contributed by atoms with Crippen LogP contribution in [0.2, 0.25) is 0 Å². The lowest BCUT2D eigenvalue weighted by Gasteiger charge is -2.15. The largest absolute Gasteiger partial charge is 0.416 e. The maximum Gasteiger partial charge on any atom is 0.416 e. The van der Waals surface area contributed by atoms with Crippen LogP contribution in [0.1, 0.15) is 11.1 Å². The Morgan fingerprint density at radius 1 is 0.889 bits per heavy atom. The summed E-state index contributed by atoms with van der Waals surface area (Å²) >= 11 is 0. The van der Waals surface area contributed by atoms with Crippen molar-refractivity contribution >= 4 is 21.4 Å². The second kappa shape index (κ2) is 6.72. The molecule has 0 amide bonds. The lowest BCUT2D eigenvalue weighted by atomic mass is 10.1. The summed E-state index contributed by atoms with van der Waals surface area (Å²) in [7, 11) is -4.84. The summed E-state index contributed by atoms with van der Waals surface area (Å²) in [4.78, 5) is 8.94. The van der Waals surface area contributed by atoms with Crippen LogP contribution in [0.5, 0.6) is 0 Å². The molecule has 0 heterocycles. The van der Waals surface area contributed by atoms with E-state index < -0.39 is 54.7 Å². The highest BCUT2D eigenvalue weighted by molar-refractivity contribution is 7.92. The van der Waals surface area contributed by atoms with Crippen LogP contribution in [0.25, 0.3) is 0 Å². The predicted octanol–water partition coefficient (Wildman–Crippen LogP) is 4.43. The molecule has 0 spiro atoms. The Labute approximate surface area is 147 Å². The third-order valence-corrected chi connectivity index (χ3v) is 4.62. The molecule has 0 aliphatic carbocycles. The van der Waals surface area contributed by atoms with Crippen molar-refractivity contribution in [2.24, 2.45) is 0 Å². The van der Waals surface area contributed by atoms with Gasteiger partial charge in [0.15, 0.2) is 4.90 Å². The number of anilines is 1. The van der Waals surface area contributed by atoms with E-state index in [9.17, 15) is 44.9 Å². The second-order valence-electron chi connectivity index (χ2n) is 5.12. The minimum absolute atomic E-state index is 0.154. The third-order valence-electron chi connectivity index (χ3n) is 3.19. The van der Waals surface area contributed by atoms with Gasteiger partial charge in [-0.2, -0.15) is 26.3 Å². The van der Waals surface area contributed by atoms with Crippen molar-refractivity contribution in [1.29, 1.82) is 0 Å². The first kappa shape index (κ1) is 20.5. The molecule has 2 aromatic carbocycles. The molecule has 2 aromatic rings. The Balaban J connectivity index is 2.58. The van der Waals surface area contributed by atoms with Crippen molar-refractivity contribution in [2.45, 2.75) is 17.2 Å². The lowest BCUT2D eigenvalue weighted by Crippen LogP contribution is -2.17. The number of nitrogens with one attached hydrogen (secondary N) is 1. The van der Waals surface area contributed by atoms with Gasteiger partial charge in [-0.25, -0.2) is 8.42 Å². The minimum atomic E-state index is -5.18. The van der Waals surface area contributed by atoms with Gasteiger partial charge in [0.25, 0.3) is 15.7 Å². The van der Waals surface area contributed by atoms with E-state index in [2.05, 4.69) is 0 Å². The van der Waals surface area contributed by atoms with Crippen molar-refractivity contribution in [3.05, 3.63) is 63.7 Å². The van der Waals surface area contributed by atoms with Gasteiger partial charge >= 0.3 is 12.4 Å². The van der Waals surface area contributed by atoms with E-state index in [0.717, 1.165) is 24.3 Å². The van der Waals surface area contributed by atoms with E-state index in [1.54, 1.807) is 0 Å². The molecule has 0 bridgehead atoms. The topological polar surface area (TPSA) is 89.3 Å². The first-order valence-electron chi connectivity index (χ1n) is 6.77. The number of hydrogen-bond donors (Lipinski definition) is 1. The molecule has 0 saturated heterocycles. The number of nitro benzene ring substituents is 1. The van der Waals surface area contributed by atoms with Gasteiger partial charge in [-0.1, -0.05) is 12.1 Å². The van der Waals surface area contributed by atoms with Crippen LogP contribution in [-0.2, 0) is 22.4 Å². The Morgan fingerprint density at radius 3 is 1.81 bits per heavy atom. The Morgan fingerprint density at radius 2 is 1.37 bits per heavy atom. The number of nitrogens with zero attached hydrogens (tertiary/aromatic N) is 1. The van der Waals surface area contributed by atoms with Crippen LogP contribution in [-0.4, -0.2) is 13.3 Å². The molecule has 2 rings (SSSR count). The van der Waals surface area contributed by atoms with Gasteiger partial charge in [0.1, 0.15) is 0 Å². The van der Waals surface area contributed by atoms with Crippen LogP contribution < -0.4 is 4.72 Å². The Bertz CT molecular complexity index is 954. The minimum Gasteiger partial charge on any atom is -0.279 e. The molecule has 0 radical (unpaired) electrons. The monoisotopic (exact) mass is 414 g/mol. The van der Waals surface area contributed by atoms with Gasteiger partial charge < -0.3 is 0 Å². The highest BCUT2D eigenvalue weighted by atomic mass is 32.2. The molecular formula is C14H8F6N2O4S. The van der Waals surface area contributed by atoms with Crippen LogP contribution in [0.15, 0.2) is 47.4 Å². The third kappa shape index (κ3) is 4.67. The fourth-order valence-electron chi connectivity index (χ4n) is 2.06. The second-order valence-corrected chi connectivity index (χ2v) is 6.78. The van der Waals surface area contributed by atoms with E-state index in [4.69, 9.17) is 0 Å². The summed E-state index contributed by atoms with van der Waals surface area (Å²) in [5, 5.41) is 10.9. The standard InChI is InChI=1S/C14H8F6N2O4S/c15-13(16,17)8-5-9(14(18,19)20)7-10(6-8)21-27(25,26)12-4-2-1-3-11(12)22(23)24/h1-7,21H. The van der Waals surface area contributed by atoms with Crippen LogP contribution in [0, 0.1) is 10.1 Å². The maximum absolute atomic E-state index is 12.8. The lowest BCUT2D eigenvalue weighted by molar-refractivity contribution is -0.387. The Kier molecular flexibility index (Phi) is 5.10. The smallest absolute Gasteiger partial charge is 0.279 e. The zero-order chi connectivity index (χ0) is 20.6. The van der Waals surface area contributed by atoms with Crippen molar-refractivity contribution in [3.8, 4) is 0 Å². The molecule has 146 valence electrons. The highest BCUT2D eigenvalue weighted by Crippen LogP contribution is 2.38. The van der Waals surface area contributed by atoms with Crippen LogP contribution >= 0.6 is 0 Å². The summed E-state index contributed by atoms with van der Waals surface area (Å²) in [6, 6.07) is 3.99. The molecule has 0 unspecified atom stereocenters. The number of benzene rings is 2. The molecule has 0 atom stereocenters. The normalized spacial score (nSPS) is 12.7. The average Bonchev–Trinajstić information content (AvgIpc) is 2.52. The van der Waals surface area contributed by atoms with Crippen molar-refractivity contribution in [1.82, 2.24) is 0 Å². The van der Waals surface area contributed by atoms with E-state index in [-0.39, 0.29) is 18.2 Å². The van der Waals surface area contributed by atoms with Gasteiger partial charge in [0, 0.05) is 6.07 Å². The fourth-order valence-corrected chi connectivity index (χ4v) is 3.27. The van der Waals surface area contributed by atoms with E-state index in [1.165, 1.54) is 4.72 Å². The molecule has 13 heteroatoms. The summed E-state index contributed by atoms with van der Waals surface area (Å²) in [5.41, 5.74) is -5.42. The SMILES string of the molecule is O=[N+]([O-])c1ccccc1S(=O)(=O)Nc1cc(C(F)(F)F)cc(C(F)(F)F)c1. The van der Waals surface area contributed by atoms with Crippen LogP contribution in [0.3, 0.4) is 0 Å². The predicted molar refractivity (Wildman–Crippen MR) is 80.4 cm³/mol. The first-order valence-corrected chi connectivity index (χ1v) is 8.26. The van der Waals surface area contributed by atoms with Crippen molar-refractivity contribution < 1.29 is 39.7 Å². The van der Waals surface area contributed by atoms with E-state index in [1.807, 2.05) is 0 Å². The number of rotatable bonds is 4. The van der Waals surface area contributed by atoms with Gasteiger partial charge in [-0.3, -0.25) is 14.8 Å². The van der Waals surface area contributed by atoms with Gasteiger partial charge in [-0.05, 0) is 24.3 Å². The maximum atomic E-state index is 12.8. The van der Waals surface area contributed by atoms with E-state index >= 15 is 0 Å². The van der Waals surface area contributed by atoms with Gasteiger partial charge in [0.2, 0.25) is 0 Å². The summed E-state index contributed by atoms with van der Waals surface area (Å²) in [6.45, 7) is 0. The van der Waals surface area contributed by atoms with Crippen molar-refractivity contribution in [3.63, 3.8) is 0 Å². The average molecular weight is 414 g/mol. The molecule has 0 fully saturated rings. The molecule has 0 aliphatic heterocycles. The van der Waals surface area contributed by atoms with E-state index in [0.29, 0.717) is 0 Å². The summed E-state index contributed by atoms with van der Waals surface area (Å²) in [6.07, 6.45) is -10.4. The number of halogens is 6. The highest BCUT2D eigenvalue weighted by Gasteiger charge is 2.37. The first-order chi connectivity index (χ1) is 12.2.